The molecular formula is C15H20Cl2N2. The Kier molecular flexibility index (Phi) is 3.78. The molecule has 104 valence electrons. The molecule has 2 saturated heterocycles. The molecule has 2 bridgehead atoms. The SMILES string of the molecule is CC(c1ccc(Cl)c(Cl)c1)N1C2CCC1CC(N)C2. The van der Waals surface area contributed by atoms with Crippen molar-refractivity contribution in [1.82, 2.24) is 4.90 Å². The van der Waals surface area contributed by atoms with E-state index >= 15 is 0 Å². The summed E-state index contributed by atoms with van der Waals surface area (Å²) in [7, 11) is 0. The fourth-order valence-electron chi connectivity index (χ4n) is 3.83. The van der Waals surface area contributed by atoms with Gasteiger partial charge in [0.25, 0.3) is 0 Å². The lowest BCUT2D eigenvalue weighted by molar-refractivity contribution is 0.0854. The molecule has 2 aliphatic heterocycles. The standard InChI is InChI=1S/C15H20Cl2N2/c1-9(10-2-5-14(16)15(17)6-10)19-12-3-4-13(19)8-11(18)7-12/h2,5-6,9,11-13H,3-4,7-8,18H2,1H3. The average molecular weight is 299 g/mol. The van der Waals surface area contributed by atoms with Crippen LogP contribution in [0.2, 0.25) is 10.0 Å². The van der Waals surface area contributed by atoms with Crippen LogP contribution in [0.1, 0.15) is 44.2 Å². The summed E-state index contributed by atoms with van der Waals surface area (Å²) in [5, 5.41) is 1.27. The van der Waals surface area contributed by atoms with Crippen LogP contribution in [0.5, 0.6) is 0 Å². The first-order valence-corrected chi connectivity index (χ1v) is 7.80. The van der Waals surface area contributed by atoms with Gasteiger partial charge in [-0.1, -0.05) is 29.3 Å². The lowest BCUT2D eigenvalue weighted by atomic mass is 9.94. The van der Waals surface area contributed by atoms with Crippen molar-refractivity contribution in [3.8, 4) is 0 Å². The molecule has 19 heavy (non-hydrogen) atoms. The van der Waals surface area contributed by atoms with E-state index in [9.17, 15) is 0 Å². The Hall–Kier alpha value is -0.280. The predicted molar refractivity (Wildman–Crippen MR) is 80.7 cm³/mol. The molecule has 2 N–H and O–H groups in total. The number of hydrogen-bond acceptors (Lipinski definition) is 2. The Balaban J connectivity index is 1.84. The third-order valence-corrected chi connectivity index (χ3v) is 5.44. The second-order valence-electron chi connectivity index (χ2n) is 5.91. The van der Waals surface area contributed by atoms with Crippen molar-refractivity contribution >= 4 is 23.2 Å². The van der Waals surface area contributed by atoms with Gasteiger partial charge in [-0.25, -0.2) is 0 Å². The van der Waals surface area contributed by atoms with Gasteiger partial charge >= 0.3 is 0 Å². The minimum Gasteiger partial charge on any atom is -0.328 e. The van der Waals surface area contributed by atoms with E-state index < -0.39 is 0 Å². The zero-order valence-corrected chi connectivity index (χ0v) is 12.7. The van der Waals surface area contributed by atoms with Crippen LogP contribution >= 0.6 is 23.2 Å². The molecule has 0 amide bonds. The van der Waals surface area contributed by atoms with Crippen molar-refractivity contribution in [2.75, 3.05) is 0 Å². The van der Waals surface area contributed by atoms with Crippen molar-refractivity contribution in [2.24, 2.45) is 5.73 Å². The van der Waals surface area contributed by atoms with Crippen molar-refractivity contribution in [1.29, 1.82) is 0 Å². The third kappa shape index (κ3) is 2.52. The van der Waals surface area contributed by atoms with Gasteiger partial charge < -0.3 is 5.73 Å². The molecule has 1 aromatic carbocycles. The molecule has 0 aromatic heterocycles. The first-order valence-electron chi connectivity index (χ1n) is 7.04. The molecule has 2 aliphatic rings. The molecule has 1 aromatic rings. The van der Waals surface area contributed by atoms with E-state index in [0.717, 1.165) is 12.8 Å². The summed E-state index contributed by atoms with van der Waals surface area (Å²) in [5.41, 5.74) is 7.39. The summed E-state index contributed by atoms with van der Waals surface area (Å²) >= 11 is 12.1. The minimum atomic E-state index is 0.384. The van der Waals surface area contributed by atoms with E-state index in [-0.39, 0.29) is 0 Å². The van der Waals surface area contributed by atoms with E-state index in [4.69, 9.17) is 28.9 Å². The van der Waals surface area contributed by atoms with Gasteiger partial charge in [0, 0.05) is 24.2 Å². The summed E-state index contributed by atoms with van der Waals surface area (Å²) in [5.74, 6) is 0. The number of nitrogens with two attached hydrogens (primary N) is 1. The number of halogens is 2. The quantitative estimate of drug-likeness (QED) is 0.894. The second-order valence-corrected chi connectivity index (χ2v) is 6.73. The number of piperidine rings is 1. The smallest absolute Gasteiger partial charge is 0.0595 e. The minimum absolute atomic E-state index is 0.384. The molecule has 3 atom stereocenters. The zero-order valence-electron chi connectivity index (χ0n) is 11.2. The average Bonchev–Trinajstić information content (AvgIpc) is 2.64. The van der Waals surface area contributed by atoms with Gasteiger partial charge in [0.2, 0.25) is 0 Å². The van der Waals surface area contributed by atoms with Gasteiger partial charge in [-0.05, 0) is 50.3 Å². The van der Waals surface area contributed by atoms with E-state index in [0.29, 0.717) is 34.2 Å². The molecule has 0 spiro atoms. The first kappa shape index (κ1) is 13.7. The summed E-state index contributed by atoms with van der Waals surface area (Å²) in [4.78, 5) is 2.64. The van der Waals surface area contributed by atoms with Gasteiger partial charge in [0.1, 0.15) is 0 Å². The van der Waals surface area contributed by atoms with Gasteiger partial charge in [0.05, 0.1) is 10.0 Å². The molecule has 0 radical (unpaired) electrons. The predicted octanol–water partition coefficient (Wildman–Crippen LogP) is 4.01. The fourth-order valence-corrected chi connectivity index (χ4v) is 4.14. The van der Waals surface area contributed by atoms with Crippen LogP contribution in [0.25, 0.3) is 0 Å². The molecule has 0 saturated carbocycles. The number of benzene rings is 1. The Morgan fingerprint density at radius 3 is 2.37 bits per heavy atom. The summed E-state index contributed by atoms with van der Waals surface area (Å²) in [6.45, 7) is 2.27. The number of hydrogen-bond donors (Lipinski definition) is 1. The Bertz CT molecular complexity index is 463. The molecule has 0 aliphatic carbocycles. The maximum absolute atomic E-state index is 6.14. The van der Waals surface area contributed by atoms with Crippen molar-refractivity contribution < 1.29 is 0 Å². The van der Waals surface area contributed by atoms with Gasteiger partial charge in [0.15, 0.2) is 0 Å². The van der Waals surface area contributed by atoms with E-state index in [2.05, 4.69) is 17.9 Å². The molecule has 4 heteroatoms. The lowest BCUT2D eigenvalue weighted by Gasteiger charge is -2.41. The number of nitrogens with zero attached hydrogens (tertiary/aromatic N) is 1. The number of fused-ring (bicyclic) bond motifs is 2. The summed E-state index contributed by atoms with van der Waals surface area (Å²) < 4.78 is 0. The van der Waals surface area contributed by atoms with Crippen molar-refractivity contribution in [2.45, 2.75) is 56.8 Å². The van der Waals surface area contributed by atoms with Crippen LogP contribution in [0.3, 0.4) is 0 Å². The van der Waals surface area contributed by atoms with Crippen LogP contribution in [-0.4, -0.2) is 23.0 Å². The summed E-state index contributed by atoms with van der Waals surface area (Å²) in [6, 6.07) is 8.04. The molecular weight excluding hydrogens is 279 g/mol. The van der Waals surface area contributed by atoms with Gasteiger partial charge in [-0.15, -0.1) is 0 Å². The third-order valence-electron chi connectivity index (χ3n) is 4.70. The highest BCUT2D eigenvalue weighted by atomic mass is 35.5. The number of rotatable bonds is 2. The van der Waals surface area contributed by atoms with E-state index in [1.54, 1.807) is 0 Å². The highest BCUT2D eigenvalue weighted by Crippen LogP contribution is 2.41. The summed E-state index contributed by atoms with van der Waals surface area (Å²) in [6.07, 6.45) is 4.82. The maximum Gasteiger partial charge on any atom is 0.0595 e. The van der Waals surface area contributed by atoms with E-state index in [1.807, 2.05) is 12.1 Å². The Labute approximate surface area is 124 Å². The van der Waals surface area contributed by atoms with Crippen LogP contribution in [0.15, 0.2) is 18.2 Å². The van der Waals surface area contributed by atoms with Crippen LogP contribution in [0, 0.1) is 0 Å². The fraction of sp³-hybridized carbons (Fsp3) is 0.600. The monoisotopic (exact) mass is 298 g/mol. The Morgan fingerprint density at radius 1 is 1.16 bits per heavy atom. The Morgan fingerprint density at radius 2 is 1.79 bits per heavy atom. The molecule has 2 fully saturated rings. The highest BCUT2D eigenvalue weighted by molar-refractivity contribution is 6.42. The zero-order chi connectivity index (χ0) is 13.6. The topological polar surface area (TPSA) is 29.3 Å². The molecule has 2 nitrogen and oxygen atoms in total. The first-order chi connectivity index (χ1) is 9.06. The van der Waals surface area contributed by atoms with Crippen LogP contribution in [-0.2, 0) is 0 Å². The highest BCUT2D eigenvalue weighted by Gasteiger charge is 2.42. The molecule has 3 unspecified atom stereocenters. The molecule has 3 rings (SSSR count). The van der Waals surface area contributed by atoms with Crippen LogP contribution in [0.4, 0.5) is 0 Å². The maximum atomic E-state index is 6.14. The largest absolute Gasteiger partial charge is 0.328 e. The second kappa shape index (κ2) is 5.25. The van der Waals surface area contributed by atoms with E-state index in [1.165, 1.54) is 18.4 Å². The van der Waals surface area contributed by atoms with Gasteiger partial charge in [-0.3, -0.25) is 4.90 Å². The van der Waals surface area contributed by atoms with Crippen molar-refractivity contribution in [3.05, 3.63) is 33.8 Å². The lowest BCUT2D eigenvalue weighted by Crippen LogP contribution is -2.48. The van der Waals surface area contributed by atoms with Gasteiger partial charge in [-0.2, -0.15) is 0 Å². The molecule has 2 heterocycles. The van der Waals surface area contributed by atoms with Crippen LogP contribution < -0.4 is 5.73 Å². The van der Waals surface area contributed by atoms with Crippen molar-refractivity contribution in [3.63, 3.8) is 0 Å². The normalized spacial score (nSPS) is 32.5.